The number of hydrogen-bond acceptors (Lipinski definition) is 9. The number of ether oxygens (including phenoxy) is 1. The number of nitrogens with zero attached hydrogens (tertiary/aromatic N) is 4. The molecule has 4 rings (SSSR count). The van der Waals surface area contributed by atoms with Crippen LogP contribution in [0.25, 0.3) is 0 Å². The molecule has 1 fully saturated rings. The maximum absolute atomic E-state index is 13.0. The van der Waals surface area contributed by atoms with Crippen LogP contribution in [0.3, 0.4) is 0 Å². The number of carbonyl (C=O) groups is 2. The summed E-state index contributed by atoms with van der Waals surface area (Å²) in [5.41, 5.74) is 0.515. The van der Waals surface area contributed by atoms with Crippen LogP contribution in [-0.2, 0) is 19.6 Å². The van der Waals surface area contributed by atoms with Crippen molar-refractivity contribution in [2.45, 2.75) is 50.3 Å². The lowest BCUT2D eigenvalue weighted by Crippen LogP contribution is -2.52. The molecule has 3 aromatic rings. The number of rotatable bonds is 9. The fourth-order valence-corrected chi connectivity index (χ4v) is 5.66. The SMILES string of the molecule is CC1CN(c2ccc(C(=O)NC[C@H](NS(=O)(=O)c3ccccc3)C(=O)OC(C)(C)C)cc2)CCN1c1ncccn1. The van der Waals surface area contributed by atoms with E-state index in [1.807, 2.05) is 12.1 Å². The van der Waals surface area contributed by atoms with Gasteiger partial charge in [0.1, 0.15) is 11.6 Å². The van der Waals surface area contributed by atoms with Crippen molar-refractivity contribution >= 4 is 33.5 Å². The summed E-state index contributed by atoms with van der Waals surface area (Å²) in [6.45, 7) is 9.19. The molecule has 1 aliphatic rings. The van der Waals surface area contributed by atoms with Crippen LogP contribution in [0.1, 0.15) is 38.1 Å². The third-order valence-electron chi connectivity index (χ3n) is 6.44. The molecule has 1 aliphatic heterocycles. The van der Waals surface area contributed by atoms with Gasteiger partial charge in [0.2, 0.25) is 16.0 Å². The average molecular weight is 581 g/mol. The number of sulfonamides is 1. The lowest BCUT2D eigenvalue weighted by molar-refractivity contribution is -0.156. The minimum Gasteiger partial charge on any atom is -0.459 e. The van der Waals surface area contributed by atoms with E-state index in [0.29, 0.717) is 11.5 Å². The first kappa shape index (κ1) is 29.9. The molecule has 1 unspecified atom stereocenters. The van der Waals surface area contributed by atoms with Gasteiger partial charge in [-0.2, -0.15) is 4.72 Å². The van der Waals surface area contributed by atoms with Crippen LogP contribution in [-0.4, -0.2) is 74.1 Å². The fraction of sp³-hybridized carbons (Fsp3) is 0.379. The molecular formula is C29H36N6O5S. The maximum atomic E-state index is 13.0. The van der Waals surface area contributed by atoms with Crippen LogP contribution < -0.4 is 19.8 Å². The predicted octanol–water partition coefficient (Wildman–Crippen LogP) is 2.61. The molecule has 11 nitrogen and oxygen atoms in total. The van der Waals surface area contributed by atoms with E-state index in [0.717, 1.165) is 25.3 Å². The first-order valence-electron chi connectivity index (χ1n) is 13.4. The largest absolute Gasteiger partial charge is 0.459 e. The van der Waals surface area contributed by atoms with Gasteiger partial charge in [-0.25, -0.2) is 18.4 Å². The summed E-state index contributed by atoms with van der Waals surface area (Å²) < 4.78 is 33.6. The van der Waals surface area contributed by atoms with Gasteiger partial charge in [0.25, 0.3) is 5.91 Å². The van der Waals surface area contributed by atoms with Crippen molar-refractivity contribution in [3.63, 3.8) is 0 Å². The maximum Gasteiger partial charge on any atom is 0.326 e. The van der Waals surface area contributed by atoms with Crippen molar-refractivity contribution in [2.75, 3.05) is 36.0 Å². The molecule has 2 atom stereocenters. The van der Waals surface area contributed by atoms with Crippen LogP contribution >= 0.6 is 0 Å². The number of piperazine rings is 1. The Kier molecular flexibility index (Phi) is 9.24. The summed E-state index contributed by atoms with van der Waals surface area (Å²) in [4.78, 5) is 38.9. The summed E-state index contributed by atoms with van der Waals surface area (Å²) in [5, 5.41) is 2.67. The van der Waals surface area contributed by atoms with Gasteiger partial charge < -0.3 is 19.9 Å². The summed E-state index contributed by atoms with van der Waals surface area (Å²) in [6, 6.07) is 15.5. The Bertz CT molecular complexity index is 1430. The van der Waals surface area contributed by atoms with Crippen molar-refractivity contribution < 1.29 is 22.7 Å². The molecule has 2 heterocycles. The molecule has 1 aromatic heterocycles. The number of hydrogen-bond donors (Lipinski definition) is 2. The van der Waals surface area contributed by atoms with E-state index in [1.54, 1.807) is 69.6 Å². The molecule has 2 aromatic carbocycles. The predicted molar refractivity (Wildman–Crippen MR) is 156 cm³/mol. The number of nitrogens with one attached hydrogen (secondary N) is 2. The Hall–Kier alpha value is -4.03. The fourth-order valence-electron chi connectivity index (χ4n) is 4.45. The minimum atomic E-state index is -4.04. The van der Waals surface area contributed by atoms with Gasteiger partial charge in [0.05, 0.1) is 4.90 Å². The molecule has 0 spiro atoms. The van der Waals surface area contributed by atoms with Gasteiger partial charge in [-0.1, -0.05) is 18.2 Å². The monoisotopic (exact) mass is 580 g/mol. The van der Waals surface area contributed by atoms with Crippen LogP contribution in [0.15, 0.2) is 78.0 Å². The third-order valence-corrected chi connectivity index (χ3v) is 7.93. The Balaban J connectivity index is 1.39. The lowest BCUT2D eigenvalue weighted by atomic mass is 10.1. The number of carbonyl (C=O) groups excluding carboxylic acids is 2. The van der Waals surface area contributed by atoms with Crippen molar-refractivity contribution in [2.24, 2.45) is 0 Å². The molecule has 218 valence electrons. The second-order valence-corrected chi connectivity index (χ2v) is 12.5. The molecule has 1 amide bonds. The van der Waals surface area contributed by atoms with Crippen LogP contribution in [0.4, 0.5) is 11.6 Å². The number of benzene rings is 2. The minimum absolute atomic E-state index is 0.00178. The van der Waals surface area contributed by atoms with E-state index in [4.69, 9.17) is 4.74 Å². The van der Waals surface area contributed by atoms with Crippen LogP contribution in [0.5, 0.6) is 0 Å². The van der Waals surface area contributed by atoms with Gasteiger partial charge in [-0.3, -0.25) is 9.59 Å². The summed E-state index contributed by atoms with van der Waals surface area (Å²) in [6.07, 6.45) is 3.47. The Labute approximate surface area is 241 Å². The molecule has 41 heavy (non-hydrogen) atoms. The number of amides is 1. The summed E-state index contributed by atoms with van der Waals surface area (Å²) in [5.74, 6) is -0.521. The lowest BCUT2D eigenvalue weighted by Gasteiger charge is -2.41. The summed E-state index contributed by atoms with van der Waals surface area (Å²) >= 11 is 0. The molecule has 0 bridgehead atoms. The van der Waals surface area contributed by atoms with E-state index >= 15 is 0 Å². The number of aromatic nitrogens is 2. The standard InChI is InChI=1S/C29H36N6O5S/c1-21-20-34(17-18-35(21)28-30-15-8-16-31-28)23-13-11-22(12-14-23)26(36)32-19-25(27(37)40-29(2,3)4)33-41(38,39)24-9-6-5-7-10-24/h5-16,21,25,33H,17-20H2,1-4H3,(H,32,36)/t21?,25-/m0/s1. The normalized spacial score (nSPS) is 16.6. The second kappa shape index (κ2) is 12.6. The zero-order chi connectivity index (χ0) is 29.6. The van der Waals surface area contributed by atoms with Crippen LogP contribution in [0.2, 0.25) is 0 Å². The van der Waals surface area contributed by atoms with E-state index in [2.05, 4.69) is 36.7 Å². The first-order chi connectivity index (χ1) is 19.4. The second-order valence-electron chi connectivity index (χ2n) is 10.8. The Morgan fingerprint density at radius 1 is 1.00 bits per heavy atom. The van der Waals surface area contributed by atoms with Crippen molar-refractivity contribution in [1.29, 1.82) is 0 Å². The highest BCUT2D eigenvalue weighted by molar-refractivity contribution is 7.89. The Morgan fingerprint density at radius 3 is 2.27 bits per heavy atom. The topological polar surface area (TPSA) is 134 Å². The van der Waals surface area contributed by atoms with Gasteiger partial charge in [-0.15, -0.1) is 0 Å². The molecule has 12 heteroatoms. The highest BCUT2D eigenvalue weighted by Gasteiger charge is 2.31. The van der Waals surface area contributed by atoms with Gasteiger partial charge in [-0.05, 0) is 70.2 Å². The highest BCUT2D eigenvalue weighted by atomic mass is 32.2. The molecule has 2 N–H and O–H groups in total. The zero-order valence-electron chi connectivity index (χ0n) is 23.6. The van der Waals surface area contributed by atoms with Gasteiger partial charge >= 0.3 is 5.97 Å². The number of anilines is 2. The smallest absolute Gasteiger partial charge is 0.326 e. The molecule has 0 saturated carbocycles. The quantitative estimate of drug-likeness (QED) is 0.366. The molecule has 0 radical (unpaired) electrons. The number of esters is 1. The first-order valence-corrected chi connectivity index (χ1v) is 14.9. The zero-order valence-corrected chi connectivity index (χ0v) is 24.5. The molecule has 1 saturated heterocycles. The van der Waals surface area contributed by atoms with E-state index in [9.17, 15) is 18.0 Å². The van der Waals surface area contributed by atoms with Gasteiger partial charge in [0, 0.05) is 55.9 Å². The highest BCUT2D eigenvalue weighted by Crippen LogP contribution is 2.22. The van der Waals surface area contributed by atoms with Crippen molar-refractivity contribution in [1.82, 2.24) is 20.0 Å². The van der Waals surface area contributed by atoms with Gasteiger partial charge in [0.15, 0.2) is 0 Å². The Morgan fingerprint density at radius 2 is 1.66 bits per heavy atom. The van der Waals surface area contributed by atoms with E-state index < -0.39 is 33.5 Å². The molecular weight excluding hydrogens is 544 g/mol. The average Bonchev–Trinajstić information content (AvgIpc) is 2.95. The van der Waals surface area contributed by atoms with Crippen molar-refractivity contribution in [3.8, 4) is 0 Å². The third kappa shape index (κ3) is 8.01. The van der Waals surface area contributed by atoms with Crippen LogP contribution in [0, 0.1) is 0 Å². The summed E-state index contributed by atoms with van der Waals surface area (Å²) in [7, 11) is -4.04. The van der Waals surface area contributed by atoms with Crippen molar-refractivity contribution in [3.05, 3.63) is 78.6 Å². The van der Waals surface area contributed by atoms with E-state index in [1.165, 1.54) is 12.1 Å². The van der Waals surface area contributed by atoms with E-state index in [-0.39, 0.29) is 17.5 Å². The molecule has 0 aliphatic carbocycles.